The van der Waals surface area contributed by atoms with Gasteiger partial charge in [-0.15, -0.1) is 9.78 Å². The summed E-state index contributed by atoms with van der Waals surface area (Å²) in [6, 6.07) is 12.9. The van der Waals surface area contributed by atoms with Gasteiger partial charge in [-0.2, -0.15) is 0 Å². The Morgan fingerprint density at radius 3 is 2.44 bits per heavy atom. The van der Waals surface area contributed by atoms with Gasteiger partial charge in [-0.3, -0.25) is 15.2 Å². The number of anilines is 1. The molecule has 0 bridgehead atoms. The highest BCUT2D eigenvalue weighted by Gasteiger charge is 2.22. The van der Waals surface area contributed by atoms with E-state index < -0.39 is 17.7 Å². The number of carboxylic acid groups (broad SMARTS) is 1. The van der Waals surface area contributed by atoms with Crippen LogP contribution in [0.2, 0.25) is 0 Å². The van der Waals surface area contributed by atoms with Crippen LogP contribution in [-0.2, 0) is 4.79 Å². The number of nitrogen functional groups attached to an aromatic ring is 1. The van der Waals surface area contributed by atoms with Crippen LogP contribution in [0.25, 0.3) is 12.0 Å². The standard InChI is InChI=1S/C22H20N8O2.C2H4O2/c1-2-13-10-15(12-17(31)11-13)18(27-16-6-4-14(5-7-16)19(23)24)20-28-22(32)30(29-20)21-25-8-3-9-26-21;1-2(3)4/h2-12,18,27,31H,1H2,(H3,23,24)(H,28,29,32);1H3,(H,3,4). The lowest BCUT2D eigenvalue weighted by molar-refractivity contribution is -0.134. The molecule has 2 heterocycles. The third-order valence-electron chi connectivity index (χ3n) is 4.69. The number of aromatic nitrogens is 5. The zero-order valence-electron chi connectivity index (χ0n) is 19.2. The molecule has 4 rings (SSSR count). The molecule has 4 aromatic rings. The zero-order chi connectivity index (χ0) is 26.2. The number of aliphatic carboxylic acids is 1. The lowest BCUT2D eigenvalue weighted by Gasteiger charge is -2.19. The molecule has 2 aromatic carbocycles. The first-order chi connectivity index (χ1) is 17.2. The minimum absolute atomic E-state index is 0.0392. The van der Waals surface area contributed by atoms with Crippen molar-refractivity contribution in [3.63, 3.8) is 0 Å². The first kappa shape index (κ1) is 25.4. The highest BCUT2D eigenvalue weighted by Crippen LogP contribution is 2.28. The second kappa shape index (κ2) is 11.2. The molecule has 12 nitrogen and oxygen atoms in total. The van der Waals surface area contributed by atoms with Crippen LogP contribution in [0.5, 0.6) is 5.75 Å². The third-order valence-corrected chi connectivity index (χ3v) is 4.69. The van der Waals surface area contributed by atoms with Gasteiger partial charge < -0.3 is 21.3 Å². The Kier molecular flexibility index (Phi) is 7.92. The van der Waals surface area contributed by atoms with Crippen molar-refractivity contribution in [2.75, 3.05) is 5.32 Å². The Labute approximate surface area is 205 Å². The number of benzene rings is 2. The van der Waals surface area contributed by atoms with E-state index >= 15 is 0 Å². The van der Waals surface area contributed by atoms with Gasteiger partial charge >= 0.3 is 5.69 Å². The Morgan fingerprint density at radius 1 is 1.22 bits per heavy atom. The molecule has 0 spiro atoms. The predicted octanol–water partition coefficient (Wildman–Crippen LogP) is 2.28. The van der Waals surface area contributed by atoms with Gasteiger partial charge in [-0.1, -0.05) is 12.7 Å². The molecular weight excluding hydrogens is 464 g/mol. The number of phenolic OH excluding ortho intramolecular Hbond substituents is 1. The monoisotopic (exact) mass is 488 g/mol. The molecule has 0 radical (unpaired) electrons. The van der Waals surface area contributed by atoms with E-state index in [2.05, 4.69) is 31.9 Å². The first-order valence-corrected chi connectivity index (χ1v) is 10.5. The number of nitrogens with zero attached hydrogens (tertiary/aromatic N) is 4. The van der Waals surface area contributed by atoms with Gasteiger partial charge in [0.15, 0.2) is 5.82 Å². The second-order valence-electron chi connectivity index (χ2n) is 7.43. The smallest absolute Gasteiger partial charge is 0.350 e. The number of nitrogens with one attached hydrogen (secondary N) is 3. The van der Waals surface area contributed by atoms with Gasteiger partial charge in [0.05, 0.1) is 0 Å². The van der Waals surface area contributed by atoms with E-state index in [1.165, 1.54) is 12.4 Å². The van der Waals surface area contributed by atoms with Crippen LogP contribution in [0.15, 0.2) is 72.3 Å². The summed E-state index contributed by atoms with van der Waals surface area (Å²) < 4.78 is 1.07. The van der Waals surface area contributed by atoms with Crippen LogP contribution < -0.4 is 16.7 Å². The van der Waals surface area contributed by atoms with Crippen molar-refractivity contribution in [2.24, 2.45) is 5.73 Å². The average molecular weight is 489 g/mol. The van der Waals surface area contributed by atoms with Gasteiger partial charge in [0, 0.05) is 30.6 Å². The average Bonchev–Trinajstić information content (AvgIpc) is 3.23. The number of hydrogen-bond donors (Lipinski definition) is 6. The van der Waals surface area contributed by atoms with E-state index in [1.807, 2.05) is 6.07 Å². The number of aromatic hydroxyl groups is 1. The fourth-order valence-corrected chi connectivity index (χ4v) is 3.17. The lowest BCUT2D eigenvalue weighted by Crippen LogP contribution is -2.18. The summed E-state index contributed by atoms with van der Waals surface area (Å²) in [5.41, 5.74) is 7.64. The normalized spacial score (nSPS) is 11.0. The maximum absolute atomic E-state index is 12.6. The van der Waals surface area contributed by atoms with Gasteiger partial charge in [-0.05, 0) is 59.7 Å². The van der Waals surface area contributed by atoms with Crippen molar-refractivity contribution < 1.29 is 15.0 Å². The number of hydrogen-bond acceptors (Lipinski definition) is 8. The van der Waals surface area contributed by atoms with Crippen LogP contribution in [0.3, 0.4) is 0 Å². The summed E-state index contributed by atoms with van der Waals surface area (Å²) in [6.07, 6.45) is 4.64. The molecule has 0 amide bonds. The van der Waals surface area contributed by atoms with Crippen molar-refractivity contribution in [3.05, 3.63) is 101 Å². The van der Waals surface area contributed by atoms with Crippen LogP contribution >= 0.6 is 0 Å². The molecule has 0 saturated carbocycles. The van der Waals surface area contributed by atoms with Crippen molar-refractivity contribution in [3.8, 4) is 11.7 Å². The summed E-state index contributed by atoms with van der Waals surface area (Å²) >= 11 is 0. The van der Waals surface area contributed by atoms with E-state index in [4.69, 9.17) is 21.0 Å². The largest absolute Gasteiger partial charge is 0.508 e. The molecule has 1 unspecified atom stereocenters. The molecule has 184 valence electrons. The van der Waals surface area contributed by atoms with Gasteiger partial charge in [0.2, 0.25) is 0 Å². The van der Waals surface area contributed by atoms with E-state index in [0.29, 0.717) is 28.2 Å². The molecular formula is C24H24N8O4. The predicted molar refractivity (Wildman–Crippen MR) is 134 cm³/mol. The summed E-state index contributed by atoms with van der Waals surface area (Å²) in [4.78, 5) is 32.5. The Morgan fingerprint density at radius 2 is 1.86 bits per heavy atom. The summed E-state index contributed by atoms with van der Waals surface area (Å²) in [5.74, 6) is -0.405. The highest BCUT2D eigenvalue weighted by atomic mass is 16.4. The molecule has 2 aromatic heterocycles. The van der Waals surface area contributed by atoms with E-state index in [9.17, 15) is 9.90 Å². The van der Waals surface area contributed by atoms with Gasteiger partial charge in [0.25, 0.3) is 11.9 Å². The number of carboxylic acids is 1. The number of aromatic amines is 1. The summed E-state index contributed by atoms with van der Waals surface area (Å²) in [5, 5.41) is 32.8. The van der Waals surface area contributed by atoms with Gasteiger partial charge in [-0.25, -0.2) is 14.8 Å². The van der Waals surface area contributed by atoms with Crippen molar-refractivity contribution >= 4 is 23.6 Å². The summed E-state index contributed by atoms with van der Waals surface area (Å²) in [6.45, 7) is 4.84. The molecule has 1 atom stereocenters. The van der Waals surface area contributed by atoms with Crippen LogP contribution in [-0.4, -0.2) is 46.8 Å². The lowest BCUT2D eigenvalue weighted by atomic mass is 10.0. The van der Waals surface area contributed by atoms with Crippen molar-refractivity contribution in [1.82, 2.24) is 24.7 Å². The Hall–Kier alpha value is -5.26. The third kappa shape index (κ3) is 6.41. The molecule has 12 heteroatoms. The SMILES string of the molecule is C=Cc1cc(O)cc(C(Nc2ccc(C(=N)N)cc2)c2nn(-c3ncccn3)c(=O)[nH]2)c1.CC(=O)O. The number of carbonyl (C=O) groups is 1. The van der Waals surface area contributed by atoms with Crippen LogP contribution in [0, 0.1) is 5.41 Å². The minimum Gasteiger partial charge on any atom is -0.508 e. The van der Waals surface area contributed by atoms with Crippen LogP contribution in [0.1, 0.15) is 35.5 Å². The second-order valence-corrected chi connectivity index (χ2v) is 7.43. The number of nitrogens with two attached hydrogens (primary N) is 1. The fourth-order valence-electron chi connectivity index (χ4n) is 3.17. The van der Waals surface area contributed by atoms with E-state index in [1.54, 1.807) is 48.5 Å². The molecule has 7 N–H and O–H groups in total. The number of phenols is 1. The maximum Gasteiger partial charge on any atom is 0.350 e. The number of amidine groups is 1. The first-order valence-electron chi connectivity index (χ1n) is 10.5. The van der Waals surface area contributed by atoms with Gasteiger partial charge in [0.1, 0.15) is 17.6 Å². The van der Waals surface area contributed by atoms with Crippen molar-refractivity contribution in [1.29, 1.82) is 5.41 Å². The zero-order valence-corrected chi connectivity index (χ0v) is 19.2. The summed E-state index contributed by atoms with van der Waals surface area (Å²) in [7, 11) is 0. The molecule has 0 aliphatic rings. The molecule has 0 saturated heterocycles. The minimum atomic E-state index is -0.833. The van der Waals surface area contributed by atoms with Crippen LogP contribution in [0.4, 0.5) is 5.69 Å². The van der Waals surface area contributed by atoms with E-state index in [-0.39, 0.29) is 17.5 Å². The topological polar surface area (TPSA) is 196 Å². The molecule has 0 aliphatic heterocycles. The molecule has 0 aliphatic carbocycles. The Balaban J connectivity index is 0.000000840. The molecule has 0 fully saturated rings. The molecule has 36 heavy (non-hydrogen) atoms. The number of H-pyrrole nitrogens is 1. The highest BCUT2D eigenvalue weighted by molar-refractivity contribution is 5.95. The number of rotatable bonds is 7. The van der Waals surface area contributed by atoms with Crippen molar-refractivity contribution in [2.45, 2.75) is 13.0 Å². The Bertz CT molecular complexity index is 1420. The quantitative estimate of drug-likeness (QED) is 0.167. The fraction of sp³-hybridized carbons (Fsp3) is 0.0833. The maximum atomic E-state index is 12.6. The van der Waals surface area contributed by atoms with E-state index in [0.717, 1.165) is 11.6 Å².